The van der Waals surface area contributed by atoms with Gasteiger partial charge in [0, 0.05) is 48.4 Å². The zero-order valence-electron chi connectivity index (χ0n) is 19.2. The number of nitrogens with two attached hydrogens (primary N) is 1. The lowest BCUT2D eigenvalue weighted by Crippen LogP contribution is -2.20. The number of nitrogen functional groups attached to an aromatic ring is 1. The third-order valence-electron chi connectivity index (χ3n) is 6.62. The van der Waals surface area contributed by atoms with Crippen LogP contribution < -0.4 is 21.1 Å². The first-order valence-corrected chi connectivity index (χ1v) is 11.3. The number of carbonyl (C=O) groups is 1. The quantitative estimate of drug-likeness (QED) is 0.385. The summed E-state index contributed by atoms with van der Waals surface area (Å²) in [6.07, 6.45) is 6.04. The highest BCUT2D eigenvalue weighted by molar-refractivity contribution is 5.99. The molecule has 2 aliphatic rings. The summed E-state index contributed by atoms with van der Waals surface area (Å²) >= 11 is 0. The van der Waals surface area contributed by atoms with Crippen LogP contribution in [0.2, 0.25) is 0 Å². The topological polar surface area (TPSA) is 133 Å². The van der Waals surface area contributed by atoms with E-state index in [9.17, 15) is 4.79 Å². The van der Waals surface area contributed by atoms with Gasteiger partial charge in [0.2, 0.25) is 11.8 Å². The minimum absolute atomic E-state index is 0.108. The number of hydrogen-bond donors (Lipinski definition) is 3. The van der Waals surface area contributed by atoms with Gasteiger partial charge in [-0.15, -0.1) is 10.2 Å². The van der Waals surface area contributed by atoms with E-state index in [2.05, 4.69) is 30.9 Å². The monoisotopic (exact) mass is 474 g/mol. The number of ether oxygens (including phenoxy) is 1. The Bertz CT molecular complexity index is 1500. The van der Waals surface area contributed by atoms with Crippen molar-refractivity contribution < 1.29 is 13.9 Å². The van der Waals surface area contributed by atoms with Gasteiger partial charge in [0.15, 0.2) is 11.6 Å². The molecule has 4 N–H and O–H groups in total. The molecule has 3 aromatic heterocycles. The molecule has 10 nitrogen and oxygen atoms in total. The number of nitrogens with one attached hydrogen (secondary N) is 2. The molecular weight excluding hydrogens is 451 g/mol. The van der Waals surface area contributed by atoms with Crippen LogP contribution in [0.5, 0.6) is 5.88 Å². The van der Waals surface area contributed by atoms with Crippen LogP contribution >= 0.6 is 0 Å². The highest BCUT2D eigenvalue weighted by Gasteiger charge is 2.44. The number of fused-ring (bicyclic) bond motifs is 2. The molecular formula is C24H23FN8O2. The largest absolute Gasteiger partial charge is 0.474 e. The normalized spacial score (nSPS) is 18.5. The zero-order valence-corrected chi connectivity index (χ0v) is 19.2. The Morgan fingerprint density at radius 3 is 2.94 bits per heavy atom. The predicted octanol–water partition coefficient (Wildman–Crippen LogP) is 3.00. The number of nitrogens with zero attached hydrogens (tertiary/aromatic N) is 5. The van der Waals surface area contributed by atoms with Crippen molar-refractivity contribution in [2.45, 2.75) is 19.3 Å². The molecule has 2 atom stereocenters. The second-order valence-electron chi connectivity index (χ2n) is 8.96. The molecule has 0 bridgehead atoms. The third kappa shape index (κ3) is 3.59. The van der Waals surface area contributed by atoms with E-state index in [1.54, 1.807) is 29.2 Å². The Labute approximate surface area is 199 Å². The molecule has 0 saturated heterocycles. The fourth-order valence-corrected chi connectivity index (χ4v) is 4.65. The van der Waals surface area contributed by atoms with Crippen LogP contribution in [0.25, 0.3) is 22.0 Å². The van der Waals surface area contributed by atoms with E-state index in [0.717, 1.165) is 23.2 Å². The van der Waals surface area contributed by atoms with E-state index in [-0.39, 0.29) is 34.8 Å². The predicted molar refractivity (Wildman–Crippen MR) is 129 cm³/mol. The molecule has 0 spiro atoms. The van der Waals surface area contributed by atoms with Crippen molar-refractivity contribution in [3.8, 4) is 17.0 Å². The van der Waals surface area contributed by atoms with E-state index in [1.165, 1.54) is 0 Å². The van der Waals surface area contributed by atoms with E-state index < -0.39 is 5.82 Å². The van der Waals surface area contributed by atoms with Crippen molar-refractivity contribution in [1.82, 2.24) is 25.0 Å². The maximum absolute atomic E-state index is 15.3. The van der Waals surface area contributed by atoms with Gasteiger partial charge in [0.25, 0.3) is 0 Å². The first-order chi connectivity index (χ1) is 16.9. The van der Waals surface area contributed by atoms with Crippen LogP contribution in [0, 0.1) is 18.7 Å². The summed E-state index contributed by atoms with van der Waals surface area (Å²) < 4.78 is 22.6. The number of hydrogen-bond acceptors (Lipinski definition) is 8. The average Bonchev–Trinajstić information content (AvgIpc) is 3.55. The fraction of sp³-hybridized carbons (Fsp3) is 0.292. The van der Waals surface area contributed by atoms with Crippen molar-refractivity contribution in [2.24, 2.45) is 13.0 Å². The summed E-state index contributed by atoms with van der Waals surface area (Å²) in [5, 5.41) is 19.0. The van der Waals surface area contributed by atoms with Gasteiger partial charge in [0.1, 0.15) is 17.8 Å². The van der Waals surface area contributed by atoms with Crippen LogP contribution in [-0.4, -0.2) is 44.0 Å². The molecule has 4 heterocycles. The maximum Gasteiger partial charge on any atom is 0.237 e. The van der Waals surface area contributed by atoms with E-state index in [4.69, 9.17) is 10.5 Å². The number of halogens is 1. The summed E-state index contributed by atoms with van der Waals surface area (Å²) in [6, 6.07) is 3.31. The van der Waals surface area contributed by atoms with E-state index in [1.807, 2.05) is 20.2 Å². The van der Waals surface area contributed by atoms with Crippen LogP contribution in [0.3, 0.4) is 0 Å². The number of anilines is 3. The maximum atomic E-state index is 15.3. The number of rotatable bonds is 4. The molecule has 1 aliphatic heterocycles. The lowest BCUT2D eigenvalue weighted by molar-refractivity contribution is -0.117. The third-order valence-corrected chi connectivity index (χ3v) is 6.62. The van der Waals surface area contributed by atoms with Crippen LogP contribution in [0.1, 0.15) is 23.5 Å². The summed E-state index contributed by atoms with van der Waals surface area (Å²) in [4.78, 5) is 17.1. The number of pyridine rings is 1. The Balaban J connectivity index is 1.31. The van der Waals surface area contributed by atoms with Crippen molar-refractivity contribution in [2.75, 3.05) is 29.5 Å². The molecule has 4 aromatic rings. The molecule has 0 unspecified atom stereocenters. The van der Waals surface area contributed by atoms with Gasteiger partial charge in [-0.2, -0.15) is 5.10 Å². The number of benzene rings is 1. The van der Waals surface area contributed by atoms with Crippen molar-refractivity contribution in [3.05, 3.63) is 47.7 Å². The molecule has 1 aromatic carbocycles. The van der Waals surface area contributed by atoms with Gasteiger partial charge >= 0.3 is 0 Å². The molecule has 1 amide bonds. The van der Waals surface area contributed by atoms with Crippen LogP contribution in [-0.2, 0) is 11.8 Å². The Morgan fingerprint density at radius 2 is 2.14 bits per heavy atom. The van der Waals surface area contributed by atoms with Crippen molar-refractivity contribution >= 4 is 34.0 Å². The number of amides is 1. The SMILES string of the molecule is Cc1c(-c2cc3cc(NC(=O)[C@@H]4C[C@H]4c4cnn(C)c4)nnc3c(N)c2F)cnc2c1NCCO2. The van der Waals surface area contributed by atoms with E-state index >= 15 is 4.39 Å². The first kappa shape index (κ1) is 21.3. The minimum Gasteiger partial charge on any atom is -0.474 e. The molecule has 11 heteroatoms. The lowest BCUT2D eigenvalue weighted by atomic mass is 9.98. The van der Waals surface area contributed by atoms with Gasteiger partial charge in [-0.25, -0.2) is 9.37 Å². The highest BCUT2D eigenvalue weighted by Crippen LogP contribution is 2.48. The zero-order chi connectivity index (χ0) is 24.3. The Hall–Kier alpha value is -4.28. The molecule has 6 rings (SSSR count). The first-order valence-electron chi connectivity index (χ1n) is 11.3. The summed E-state index contributed by atoms with van der Waals surface area (Å²) in [7, 11) is 1.85. The lowest BCUT2D eigenvalue weighted by Gasteiger charge is -2.22. The van der Waals surface area contributed by atoms with Gasteiger partial charge in [-0.3, -0.25) is 9.48 Å². The molecule has 1 fully saturated rings. The van der Waals surface area contributed by atoms with Gasteiger partial charge < -0.3 is 21.1 Å². The molecule has 178 valence electrons. The summed E-state index contributed by atoms with van der Waals surface area (Å²) in [5.74, 6) is 0.0416. The second kappa shape index (κ2) is 7.90. The van der Waals surface area contributed by atoms with Crippen LogP contribution in [0.4, 0.5) is 21.6 Å². The molecule has 0 radical (unpaired) electrons. The Morgan fingerprint density at radius 1 is 1.29 bits per heavy atom. The summed E-state index contributed by atoms with van der Waals surface area (Å²) in [6.45, 7) is 3.04. The smallest absolute Gasteiger partial charge is 0.237 e. The average molecular weight is 475 g/mol. The minimum atomic E-state index is -0.595. The molecule has 1 saturated carbocycles. The van der Waals surface area contributed by atoms with Crippen LogP contribution in [0.15, 0.2) is 30.7 Å². The van der Waals surface area contributed by atoms with Crippen molar-refractivity contribution in [3.63, 3.8) is 0 Å². The standard InChI is InChI=1S/C24H23FN8O2/c1-11-17(9-28-24-21(11)27-3-4-35-24)15-5-12-6-18(31-32-22(12)20(26)19(15)25)30-23(34)16-7-14(16)13-8-29-33(2)10-13/h5-6,8-10,14,16,27H,3-4,7,26H2,1-2H3,(H,30,31,34)/t14-,16+/m0/s1. The number of aryl methyl sites for hydroxylation is 1. The number of aromatic nitrogens is 5. The summed E-state index contributed by atoms with van der Waals surface area (Å²) in [5.41, 5.74) is 9.69. The van der Waals surface area contributed by atoms with Gasteiger partial charge in [0.05, 0.1) is 11.9 Å². The van der Waals surface area contributed by atoms with Crippen molar-refractivity contribution in [1.29, 1.82) is 0 Å². The second-order valence-corrected chi connectivity index (χ2v) is 8.96. The van der Waals surface area contributed by atoms with Gasteiger partial charge in [-0.1, -0.05) is 0 Å². The van der Waals surface area contributed by atoms with Gasteiger partial charge in [-0.05, 0) is 42.5 Å². The van der Waals surface area contributed by atoms with E-state index in [0.29, 0.717) is 35.5 Å². The fourth-order valence-electron chi connectivity index (χ4n) is 4.65. The number of carbonyl (C=O) groups excluding carboxylic acids is 1. The molecule has 1 aliphatic carbocycles. The Kier molecular flexibility index (Phi) is 4.80. The highest BCUT2D eigenvalue weighted by atomic mass is 19.1. The molecule has 35 heavy (non-hydrogen) atoms.